The van der Waals surface area contributed by atoms with Crippen molar-refractivity contribution in [1.82, 2.24) is 20.1 Å². The lowest BCUT2D eigenvalue weighted by molar-refractivity contribution is -0.119. The summed E-state index contributed by atoms with van der Waals surface area (Å²) in [5.41, 5.74) is 0.893. The molecule has 1 aromatic carbocycles. The van der Waals surface area contributed by atoms with E-state index in [-0.39, 0.29) is 11.7 Å². The number of aromatic nitrogens is 3. The van der Waals surface area contributed by atoms with E-state index in [1.54, 1.807) is 12.1 Å². The van der Waals surface area contributed by atoms with Crippen LogP contribution < -0.4 is 5.32 Å². The predicted octanol–water partition coefficient (Wildman–Crippen LogP) is 2.82. The van der Waals surface area contributed by atoms with Crippen LogP contribution in [0.4, 0.5) is 0 Å². The molecule has 1 aromatic heterocycles. The number of carbonyl (C=O) groups is 1. The van der Waals surface area contributed by atoms with Crippen LogP contribution in [0.5, 0.6) is 5.75 Å². The number of thioether (sulfide) groups is 1. The summed E-state index contributed by atoms with van der Waals surface area (Å²) in [6.07, 6.45) is 4.59. The van der Waals surface area contributed by atoms with Gasteiger partial charge in [0.1, 0.15) is 5.75 Å². The van der Waals surface area contributed by atoms with Gasteiger partial charge in [-0.15, -0.1) is 10.2 Å². The van der Waals surface area contributed by atoms with E-state index in [1.807, 2.05) is 23.6 Å². The maximum absolute atomic E-state index is 12.1. The van der Waals surface area contributed by atoms with Crippen molar-refractivity contribution in [2.24, 2.45) is 0 Å². The molecule has 1 heterocycles. The molecule has 1 amide bonds. The van der Waals surface area contributed by atoms with Gasteiger partial charge < -0.3 is 15.0 Å². The van der Waals surface area contributed by atoms with Crippen LogP contribution in [0, 0.1) is 0 Å². The molecule has 1 fully saturated rings. The largest absolute Gasteiger partial charge is 0.508 e. The van der Waals surface area contributed by atoms with Gasteiger partial charge in [0.25, 0.3) is 0 Å². The molecule has 6 nitrogen and oxygen atoms in total. The van der Waals surface area contributed by atoms with Gasteiger partial charge in [0, 0.05) is 18.2 Å². The van der Waals surface area contributed by atoms with Gasteiger partial charge in [-0.3, -0.25) is 4.79 Å². The number of hydrogen-bond acceptors (Lipinski definition) is 5. The maximum atomic E-state index is 12.1. The van der Waals surface area contributed by atoms with Crippen LogP contribution in [0.15, 0.2) is 29.4 Å². The Morgan fingerprint density at radius 1 is 1.29 bits per heavy atom. The minimum absolute atomic E-state index is 0.0590. The second-order valence-electron chi connectivity index (χ2n) is 5.93. The molecule has 2 aromatic rings. The third-order valence-corrected chi connectivity index (χ3v) is 5.18. The SMILES string of the molecule is CCn1c(SCC(=O)NC2CCCC2)nnc1-c1ccc(O)cc1. The van der Waals surface area contributed by atoms with Gasteiger partial charge in [-0.25, -0.2) is 0 Å². The summed E-state index contributed by atoms with van der Waals surface area (Å²) in [6, 6.07) is 7.23. The topological polar surface area (TPSA) is 80.0 Å². The molecule has 0 spiro atoms. The zero-order chi connectivity index (χ0) is 16.9. The van der Waals surface area contributed by atoms with E-state index in [1.165, 1.54) is 24.6 Å². The first-order valence-corrected chi connectivity index (χ1v) is 9.30. The van der Waals surface area contributed by atoms with Gasteiger partial charge in [0.2, 0.25) is 5.91 Å². The van der Waals surface area contributed by atoms with Crippen molar-refractivity contribution < 1.29 is 9.90 Å². The fourth-order valence-electron chi connectivity index (χ4n) is 2.97. The third-order valence-electron chi connectivity index (χ3n) is 4.21. The summed E-state index contributed by atoms with van der Waals surface area (Å²) >= 11 is 1.41. The Kier molecular flexibility index (Phi) is 5.40. The summed E-state index contributed by atoms with van der Waals surface area (Å²) in [4.78, 5) is 12.1. The van der Waals surface area contributed by atoms with Gasteiger partial charge in [-0.05, 0) is 44.0 Å². The molecule has 0 saturated heterocycles. The van der Waals surface area contributed by atoms with Crippen LogP contribution in [0.1, 0.15) is 32.6 Å². The Labute approximate surface area is 145 Å². The van der Waals surface area contributed by atoms with Crippen LogP contribution in [-0.2, 0) is 11.3 Å². The number of rotatable bonds is 6. The second-order valence-corrected chi connectivity index (χ2v) is 6.88. The highest BCUT2D eigenvalue weighted by Gasteiger charge is 2.18. The van der Waals surface area contributed by atoms with Gasteiger partial charge in [-0.2, -0.15) is 0 Å². The molecule has 128 valence electrons. The molecule has 24 heavy (non-hydrogen) atoms. The Bertz CT molecular complexity index is 693. The maximum Gasteiger partial charge on any atom is 0.230 e. The van der Waals surface area contributed by atoms with E-state index < -0.39 is 0 Å². The molecule has 1 aliphatic rings. The summed E-state index contributed by atoms with van der Waals surface area (Å²) in [5.74, 6) is 1.38. The van der Waals surface area contributed by atoms with Gasteiger partial charge in [-0.1, -0.05) is 24.6 Å². The molecule has 0 unspecified atom stereocenters. The second kappa shape index (κ2) is 7.70. The van der Waals surface area contributed by atoms with Gasteiger partial charge in [0.05, 0.1) is 5.75 Å². The Morgan fingerprint density at radius 2 is 2.00 bits per heavy atom. The van der Waals surface area contributed by atoms with Gasteiger partial charge >= 0.3 is 0 Å². The highest BCUT2D eigenvalue weighted by atomic mass is 32.2. The van der Waals surface area contributed by atoms with E-state index in [0.717, 1.165) is 35.9 Å². The molecule has 1 aliphatic carbocycles. The third kappa shape index (κ3) is 3.90. The first-order valence-electron chi connectivity index (χ1n) is 8.32. The number of phenols is 1. The number of aromatic hydroxyl groups is 1. The van der Waals surface area contributed by atoms with Crippen LogP contribution >= 0.6 is 11.8 Å². The van der Waals surface area contributed by atoms with Crippen molar-refractivity contribution >= 4 is 17.7 Å². The average Bonchev–Trinajstić information content (AvgIpc) is 3.22. The summed E-state index contributed by atoms with van der Waals surface area (Å²) < 4.78 is 1.99. The molecular weight excluding hydrogens is 324 g/mol. The number of nitrogens with zero attached hydrogens (tertiary/aromatic N) is 3. The highest BCUT2D eigenvalue weighted by Crippen LogP contribution is 2.25. The van der Waals surface area contributed by atoms with E-state index in [4.69, 9.17) is 0 Å². The Hall–Kier alpha value is -2.02. The van der Waals surface area contributed by atoms with Crippen molar-refractivity contribution in [3.63, 3.8) is 0 Å². The van der Waals surface area contributed by atoms with Crippen molar-refractivity contribution in [2.75, 3.05) is 5.75 Å². The molecular formula is C17H22N4O2S. The van der Waals surface area contributed by atoms with E-state index in [2.05, 4.69) is 15.5 Å². The van der Waals surface area contributed by atoms with Gasteiger partial charge in [0.15, 0.2) is 11.0 Å². The molecule has 0 radical (unpaired) electrons. The fourth-order valence-corrected chi connectivity index (χ4v) is 3.79. The standard InChI is InChI=1S/C17H22N4O2S/c1-2-21-16(12-7-9-14(22)10-8-12)19-20-17(21)24-11-15(23)18-13-5-3-4-6-13/h7-10,13,22H,2-6,11H2,1H3,(H,18,23). The summed E-state index contributed by atoms with van der Waals surface area (Å²) in [6.45, 7) is 2.74. The monoisotopic (exact) mass is 346 g/mol. The first kappa shape index (κ1) is 16.8. The highest BCUT2D eigenvalue weighted by molar-refractivity contribution is 7.99. The molecule has 2 N–H and O–H groups in total. The first-order chi connectivity index (χ1) is 11.7. The predicted molar refractivity (Wildman–Crippen MR) is 93.9 cm³/mol. The smallest absolute Gasteiger partial charge is 0.230 e. The van der Waals surface area contributed by atoms with Crippen molar-refractivity contribution in [3.05, 3.63) is 24.3 Å². The number of nitrogens with one attached hydrogen (secondary N) is 1. The zero-order valence-corrected chi connectivity index (χ0v) is 14.6. The lowest BCUT2D eigenvalue weighted by Gasteiger charge is -2.11. The summed E-state index contributed by atoms with van der Waals surface area (Å²) in [5, 5.41) is 21.7. The number of amides is 1. The number of benzene rings is 1. The van der Waals surface area contributed by atoms with E-state index >= 15 is 0 Å². The molecule has 7 heteroatoms. The molecule has 0 bridgehead atoms. The normalized spacial score (nSPS) is 14.9. The number of carbonyl (C=O) groups excluding carboxylic acids is 1. The molecule has 3 rings (SSSR count). The molecule has 0 aliphatic heterocycles. The van der Waals surface area contributed by atoms with Crippen molar-refractivity contribution in [1.29, 1.82) is 0 Å². The average molecular weight is 346 g/mol. The molecule has 1 saturated carbocycles. The van der Waals surface area contributed by atoms with Crippen molar-refractivity contribution in [3.8, 4) is 17.1 Å². The van der Waals surface area contributed by atoms with Crippen LogP contribution in [0.25, 0.3) is 11.4 Å². The van der Waals surface area contributed by atoms with Crippen molar-refractivity contribution in [2.45, 2.75) is 50.4 Å². The lowest BCUT2D eigenvalue weighted by Crippen LogP contribution is -2.33. The summed E-state index contributed by atoms with van der Waals surface area (Å²) in [7, 11) is 0. The van der Waals surface area contributed by atoms with Crippen LogP contribution in [0.3, 0.4) is 0 Å². The van der Waals surface area contributed by atoms with E-state index in [0.29, 0.717) is 11.8 Å². The molecule has 0 atom stereocenters. The lowest BCUT2D eigenvalue weighted by atomic mass is 10.2. The Balaban J connectivity index is 1.65. The minimum Gasteiger partial charge on any atom is -0.508 e. The number of hydrogen-bond donors (Lipinski definition) is 2. The quantitative estimate of drug-likeness (QED) is 0.786. The minimum atomic E-state index is 0.0590. The fraction of sp³-hybridized carbons (Fsp3) is 0.471. The van der Waals surface area contributed by atoms with E-state index in [9.17, 15) is 9.90 Å². The van der Waals surface area contributed by atoms with Crippen LogP contribution in [0.2, 0.25) is 0 Å². The number of phenolic OH excluding ortho intramolecular Hbond substituents is 1. The van der Waals surface area contributed by atoms with Crippen LogP contribution in [-0.4, -0.2) is 37.6 Å². The zero-order valence-electron chi connectivity index (χ0n) is 13.7. The Morgan fingerprint density at radius 3 is 2.67 bits per heavy atom.